The molecule has 0 radical (unpaired) electrons. The van der Waals surface area contributed by atoms with Gasteiger partial charge in [-0.2, -0.15) is 0 Å². The van der Waals surface area contributed by atoms with Gasteiger partial charge in [0.2, 0.25) is 0 Å². The summed E-state index contributed by atoms with van der Waals surface area (Å²) >= 11 is 0. The number of esters is 1. The van der Waals surface area contributed by atoms with E-state index in [4.69, 9.17) is 4.74 Å². The Morgan fingerprint density at radius 1 is 0.969 bits per heavy atom. The molecular weight excluding hydrogens is 398 g/mol. The fourth-order valence-corrected chi connectivity index (χ4v) is 4.74. The lowest BCUT2D eigenvalue weighted by Gasteiger charge is -2.28. The molecule has 1 aliphatic rings. The number of ether oxygens (including phenoxy) is 1. The summed E-state index contributed by atoms with van der Waals surface area (Å²) < 4.78 is 4.82. The summed E-state index contributed by atoms with van der Waals surface area (Å²) in [4.78, 5) is 24.2. The van der Waals surface area contributed by atoms with Crippen LogP contribution in [0.25, 0.3) is 33.7 Å². The van der Waals surface area contributed by atoms with E-state index in [-0.39, 0.29) is 5.97 Å². The highest BCUT2D eigenvalue weighted by Gasteiger charge is 2.24. The Kier molecular flexibility index (Phi) is 5.71. The van der Waals surface area contributed by atoms with Gasteiger partial charge in [-0.3, -0.25) is 9.78 Å². The van der Waals surface area contributed by atoms with Crippen LogP contribution >= 0.6 is 0 Å². The number of aromatic nitrogens is 3. The number of hydrogen-bond donors (Lipinski definition) is 1. The molecule has 2 heterocycles. The summed E-state index contributed by atoms with van der Waals surface area (Å²) in [5.74, 6) is 1.79. The van der Waals surface area contributed by atoms with Gasteiger partial charge in [-0.05, 0) is 67.3 Å². The van der Waals surface area contributed by atoms with Crippen LogP contribution in [0.5, 0.6) is 0 Å². The summed E-state index contributed by atoms with van der Waals surface area (Å²) in [6.45, 7) is 0. The molecule has 0 aliphatic heterocycles. The van der Waals surface area contributed by atoms with Gasteiger partial charge in [0.1, 0.15) is 5.82 Å². The van der Waals surface area contributed by atoms with Crippen LogP contribution in [-0.4, -0.2) is 28.0 Å². The average molecular weight is 426 g/mol. The molecule has 0 bridgehead atoms. The van der Waals surface area contributed by atoms with Gasteiger partial charge in [-0.1, -0.05) is 36.4 Å². The molecule has 0 saturated heterocycles. The number of H-pyrrole nitrogens is 1. The maximum atomic E-state index is 11.5. The Labute approximate surface area is 187 Å². The number of rotatable bonds is 5. The first-order valence-corrected chi connectivity index (χ1v) is 11.3. The number of hydrogen-bond acceptors (Lipinski definition) is 4. The molecule has 32 heavy (non-hydrogen) atoms. The lowest BCUT2D eigenvalue weighted by atomic mass is 9.77. The predicted octanol–water partition coefficient (Wildman–Crippen LogP) is 6.13. The van der Waals surface area contributed by atoms with Crippen LogP contribution in [0, 0.1) is 5.92 Å². The zero-order valence-corrected chi connectivity index (χ0v) is 18.3. The van der Waals surface area contributed by atoms with E-state index >= 15 is 0 Å². The number of aromatic amines is 1. The lowest BCUT2D eigenvalue weighted by molar-refractivity contribution is -0.142. The van der Waals surface area contributed by atoms with Crippen LogP contribution in [0.15, 0.2) is 66.9 Å². The van der Waals surface area contributed by atoms with E-state index in [0.29, 0.717) is 18.3 Å². The normalized spacial score (nSPS) is 18.5. The van der Waals surface area contributed by atoms with Crippen molar-refractivity contribution in [2.24, 2.45) is 5.92 Å². The molecule has 1 N–H and O–H groups in total. The smallest absolute Gasteiger partial charge is 0.305 e. The molecule has 2 aromatic carbocycles. The van der Waals surface area contributed by atoms with E-state index < -0.39 is 0 Å². The standard InChI is InChI=1S/C27H27N3O2/c1-32-26(31)16-18-6-8-19(9-7-18)20-10-12-21(13-11-20)23-15-14-22(17-28-23)27-29-24-4-2-3-5-25(24)30-27/h2-5,10-15,17-19H,6-9,16H2,1H3,(H,29,30). The first kappa shape index (κ1) is 20.4. The molecule has 1 fully saturated rings. The number of imidazole rings is 1. The Balaban J connectivity index is 1.25. The second-order valence-electron chi connectivity index (χ2n) is 8.65. The molecule has 4 aromatic rings. The summed E-state index contributed by atoms with van der Waals surface area (Å²) in [6.07, 6.45) is 6.87. The van der Waals surface area contributed by atoms with Crippen LogP contribution < -0.4 is 0 Å². The van der Waals surface area contributed by atoms with Crippen molar-refractivity contribution >= 4 is 17.0 Å². The van der Waals surface area contributed by atoms with Crippen molar-refractivity contribution in [2.45, 2.75) is 38.0 Å². The summed E-state index contributed by atoms with van der Waals surface area (Å²) in [5.41, 5.74) is 6.42. The SMILES string of the molecule is COC(=O)CC1CCC(c2ccc(-c3ccc(-c4nc5ccccc5[nH]4)cn3)cc2)CC1. The molecule has 162 valence electrons. The molecule has 5 rings (SSSR count). The van der Waals surface area contributed by atoms with Crippen LogP contribution in [0.2, 0.25) is 0 Å². The Hall–Kier alpha value is -3.47. The molecule has 5 heteroatoms. The van der Waals surface area contributed by atoms with E-state index in [1.165, 1.54) is 12.7 Å². The molecular formula is C27H27N3O2. The van der Waals surface area contributed by atoms with Crippen LogP contribution in [0.4, 0.5) is 0 Å². The number of carbonyl (C=O) groups is 1. The number of nitrogens with zero attached hydrogens (tertiary/aromatic N) is 2. The maximum Gasteiger partial charge on any atom is 0.305 e. The Morgan fingerprint density at radius 3 is 2.41 bits per heavy atom. The van der Waals surface area contributed by atoms with Crippen molar-refractivity contribution in [1.82, 2.24) is 15.0 Å². The minimum atomic E-state index is -0.0864. The minimum Gasteiger partial charge on any atom is -0.469 e. The Bertz CT molecular complexity index is 1170. The number of benzene rings is 2. The molecule has 0 unspecified atom stereocenters. The fraction of sp³-hybridized carbons (Fsp3) is 0.296. The summed E-state index contributed by atoms with van der Waals surface area (Å²) in [7, 11) is 1.47. The second-order valence-corrected chi connectivity index (χ2v) is 8.65. The van der Waals surface area contributed by atoms with Crippen molar-refractivity contribution in [3.63, 3.8) is 0 Å². The molecule has 2 aromatic heterocycles. The van der Waals surface area contributed by atoms with Gasteiger partial charge in [0.15, 0.2) is 0 Å². The number of fused-ring (bicyclic) bond motifs is 1. The third-order valence-corrected chi connectivity index (χ3v) is 6.63. The first-order chi connectivity index (χ1) is 15.7. The monoisotopic (exact) mass is 425 g/mol. The third-order valence-electron chi connectivity index (χ3n) is 6.63. The Morgan fingerprint density at radius 2 is 1.72 bits per heavy atom. The van der Waals surface area contributed by atoms with Crippen molar-refractivity contribution in [3.05, 3.63) is 72.4 Å². The highest BCUT2D eigenvalue weighted by Crippen LogP contribution is 2.37. The zero-order chi connectivity index (χ0) is 21.9. The van der Waals surface area contributed by atoms with Crippen molar-refractivity contribution < 1.29 is 9.53 Å². The largest absolute Gasteiger partial charge is 0.469 e. The number of para-hydroxylation sites is 2. The number of methoxy groups -OCH3 is 1. The van der Waals surface area contributed by atoms with Crippen LogP contribution in [0.1, 0.15) is 43.6 Å². The van der Waals surface area contributed by atoms with Crippen LogP contribution in [0.3, 0.4) is 0 Å². The van der Waals surface area contributed by atoms with Gasteiger partial charge in [0.05, 0.1) is 23.8 Å². The van der Waals surface area contributed by atoms with Gasteiger partial charge in [-0.25, -0.2) is 4.98 Å². The fourth-order valence-electron chi connectivity index (χ4n) is 4.74. The zero-order valence-electron chi connectivity index (χ0n) is 18.3. The first-order valence-electron chi connectivity index (χ1n) is 11.3. The molecule has 1 aliphatic carbocycles. The van der Waals surface area contributed by atoms with Gasteiger partial charge in [0.25, 0.3) is 0 Å². The topological polar surface area (TPSA) is 67.9 Å². The lowest BCUT2D eigenvalue weighted by Crippen LogP contribution is -2.17. The number of nitrogens with one attached hydrogen (secondary N) is 1. The van der Waals surface area contributed by atoms with Gasteiger partial charge in [-0.15, -0.1) is 0 Å². The van der Waals surface area contributed by atoms with Crippen LogP contribution in [-0.2, 0) is 9.53 Å². The van der Waals surface area contributed by atoms with E-state index in [1.54, 1.807) is 0 Å². The highest BCUT2D eigenvalue weighted by molar-refractivity contribution is 5.79. The number of carbonyl (C=O) groups excluding carboxylic acids is 1. The molecule has 0 spiro atoms. The third kappa shape index (κ3) is 4.28. The van der Waals surface area contributed by atoms with E-state index in [0.717, 1.165) is 59.4 Å². The van der Waals surface area contributed by atoms with E-state index in [2.05, 4.69) is 51.4 Å². The van der Waals surface area contributed by atoms with Crippen molar-refractivity contribution in [3.8, 4) is 22.6 Å². The van der Waals surface area contributed by atoms with Gasteiger partial charge in [0, 0.05) is 23.7 Å². The minimum absolute atomic E-state index is 0.0864. The average Bonchev–Trinajstić information content (AvgIpc) is 3.29. The number of pyridine rings is 1. The molecule has 0 atom stereocenters. The quantitative estimate of drug-likeness (QED) is 0.391. The molecule has 5 nitrogen and oxygen atoms in total. The van der Waals surface area contributed by atoms with E-state index in [1.807, 2.05) is 30.5 Å². The molecule has 0 amide bonds. The maximum absolute atomic E-state index is 11.5. The van der Waals surface area contributed by atoms with Gasteiger partial charge >= 0.3 is 5.97 Å². The predicted molar refractivity (Wildman–Crippen MR) is 126 cm³/mol. The summed E-state index contributed by atoms with van der Waals surface area (Å²) in [6, 6.07) is 20.9. The highest BCUT2D eigenvalue weighted by atomic mass is 16.5. The second kappa shape index (κ2) is 8.95. The van der Waals surface area contributed by atoms with Crippen molar-refractivity contribution in [2.75, 3.05) is 7.11 Å². The molecule has 1 saturated carbocycles. The van der Waals surface area contributed by atoms with E-state index in [9.17, 15) is 4.79 Å². The summed E-state index contributed by atoms with van der Waals surface area (Å²) in [5, 5.41) is 0. The van der Waals surface area contributed by atoms with Gasteiger partial charge < -0.3 is 9.72 Å². The van der Waals surface area contributed by atoms with Crippen molar-refractivity contribution in [1.29, 1.82) is 0 Å².